The summed E-state index contributed by atoms with van der Waals surface area (Å²) in [6.07, 6.45) is 0. The molecule has 2 aromatic carbocycles. The fourth-order valence-corrected chi connectivity index (χ4v) is 5.21. The van der Waals surface area contributed by atoms with Crippen LogP contribution in [0.4, 0.5) is 5.13 Å². The van der Waals surface area contributed by atoms with E-state index in [-0.39, 0.29) is 16.6 Å². The summed E-state index contributed by atoms with van der Waals surface area (Å²) < 4.78 is 10.4. The lowest BCUT2D eigenvalue weighted by molar-refractivity contribution is -0.135. The second-order valence-corrected chi connectivity index (χ2v) is 9.03. The largest absolute Gasteiger partial charge is 0.496 e. The van der Waals surface area contributed by atoms with Crippen LogP contribution in [-0.4, -0.2) is 42.1 Å². The van der Waals surface area contributed by atoms with Crippen LogP contribution in [0.2, 0.25) is 0 Å². The molecule has 2 atom stereocenters. The average molecular weight is 493 g/mol. The maximum absolute atomic E-state index is 13.6. The van der Waals surface area contributed by atoms with E-state index in [4.69, 9.17) is 9.47 Å². The van der Waals surface area contributed by atoms with Crippen LogP contribution in [0.1, 0.15) is 49.8 Å². The highest BCUT2D eigenvalue weighted by molar-refractivity contribution is 7.17. The fraction of sp³-hybridized carbons (Fsp3) is 0.269. The van der Waals surface area contributed by atoms with Gasteiger partial charge in [0, 0.05) is 5.56 Å². The second kappa shape index (κ2) is 9.79. The molecule has 35 heavy (non-hydrogen) atoms. The lowest BCUT2D eigenvalue weighted by Crippen LogP contribution is -2.30. The van der Waals surface area contributed by atoms with Gasteiger partial charge < -0.3 is 9.47 Å². The molecule has 1 aliphatic rings. The van der Waals surface area contributed by atoms with Crippen molar-refractivity contribution < 1.29 is 28.7 Å². The van der Waals surface area contributed by atoms with Crippen molar-refractivity contribution in [3.63, 3.8) is 0 Å². The molecule has 2 unspecified atom stereocenters. The van der Waals surface area contributed by atoms with E-state index in [1.54, 1.807) is 63.2 Å². The van der Waals surface area contributed by atoms with Gasteiger partial charge >= 0.3 is 5.97 Å². The number of ether oxygens (including phenoxy) is 2. The number of Topliss-reactive ketones (excluding diaryl/α,β-unsaturated/α-hetero) is 2. The Morgan fingerprint density at radius 2 is 1.80 bits per heavy atom. The van der Waals surface area contributed by atoms with Crippen molar-refractivity contribution in [3.8, 4) is 5.75 Å². The summed E-state index contributed by atoms with van der Waals surface area (Å²) in [5.41, 5.74) is 2.04. The smallest absolute Gasteiger partial charge is 0.350 e. The fourth-order valence-electron chi connectivity index (χ4n) is 4.21. The van der Waals surface area contributed by atoms with Gasteiger partial charge in [-0.3, -0.25) is 19.3 Å². The predicted octanol–water partition coefficient (Wildman–Crippen LogP) is 4.10. The van der Waals surface area contributed by atoms with E-state index in [1.165, 1.54) is 12.0 Å². The van der Waals surface area contributed by atoms with Gasteiger partial charge in [0.1, 0.15) is 16.5 Å². The summed E-state index contributed by atoms with van der Waals surface area (Å²) in [5.74, 6) is -3.34. The van der Waals surface area contributed by atoms with Gasteiger partial charge in [0.15, 0.2) is 10.9 Å². The van der Waals surface area contributed by atoms with E-state index in [0.29, 0.717) is 22.6 Å². The first kappa shape index (κ1) is 24.3. The Morgan fingerprint density at radius 1 is 1.09 bits per heavy atom. The molecule has 0 aliphatic carbocycles. The molecule has 180 valence electrons. The SMILES string of the molecule is CCOC(=O)c1sc(N2C(=O)C(=O)C(C(=O)c3ccc(OC)c(C)c3)C2c2ccccc2)nc1C. The number of methoxy groups -OCH3 is 1. The third-order valence-electron chi connectivity index (χ3n) is 5.86. The molecule has 4 rings (SSSR count). The van der Waals surface area contributed by atoms with Crippen LogP contribution in [-0.2, 0) is 14.3 Å². The minimum absolute atomic E-state index is 0.166. The van der Waals surface area contributed by atoms with Gasteiger partial charge in [-0.15, -0.1) is 0 Å². The normalized spacial score (nSPS) is 17.5. The summed E-state index contributed by atoms with van der Waals surface area (Å²) in [7, 11) is 1.53. The molecule has 8 nitrogen and oxygen atoms in total. The number of carbonyl (C=O) groups is 4. The van der Waals surface area contributed by atoms with E-state index in [1.807, 2.05) is 6.07 Å². The van der Waals surface area contributed by atoms with Crippen LogP contribution >= 0.6 is 11.3 Å². The Labute approximate surface area is 206 Å². The van der Waals surface area contributed by atoms with Gasteiger partial charge in [0.2, 0.25) is 5.78 Å². The molecule has 1 amide bonds. The lowest BCUT2D eigenvalue weighted by Gasteiger charge is -2.25. The highest BCUT2D eigenvalue weighted by Crippen LogP contribution is 2.43. The van der Waals surface area contributed by atoms with E-state index in [0.717, 1.165) is 16.9 Å². The average Bonchev–Trinajstić information content (AvgIpc) is 3.36. The zero-order valence-corrected chi connectivity index (χ0v) is 20.5. The number of nitrogens with zero attached hydrogens (tertiary/aromatic N) is 2. The second-order valence-electron chi connectivity index (χ2n) is 8.05. The summed E-state index contributed by atoms with van der Waals surface area (Å²) in [6.45, 7) is 5.32. The molecular weight excluding hydrogens is 468 g/mol. The molecule has 2 heterocycles. The van der Waals surface area contributed by atoms with Crippen molar-refractivity contribution in [2.24, 2.45) is 5.92 Å². The number of anilines is 1. The van der Waals surface area contributed by atoms with Gasteiger partial charge in [-0.2, -0.15) is 0 Å². The van der Waals surface area contributed by atoms with Crippen molar-refractivity contribution in [1.29, 1.82) is 0 Å². The number of rotatable bonds is 7. The molecule has 0 saturated carbocycles. The number of aromatic nitrogens is 1. The van der Waals surface area contributed by atoms with Gasteiger partial charge in [0.25, 0.3) is 5.91 Å². The number of amides is 1. The Hall–Kier alpha value is -3.85. The minimum atomic E-state index is -1.27. The first-order chi connectivity index (χ1) is 16.8. The highest BCUT2D eigenvalue weighted by atomic mass is 32.1. The molecule has 1 aromatic heterocycles. The van der Waals surface area contributed by atoms with Crippen molar-refractivity contribution in [2.45, 2.75) is 26.8 Å². The Kier molecular flexibility index (Phi) is 6.79. The number of hydrogen-bond donors (Lipinski definition) is 0. The third-order valence-corrected chi connectivity index (χ3v) is 7.00. The van der Waals surface area contributed by atoms with Gasteiger partial charge in [-0.05, 0) is 50.1 Å². The molecule has 0 spiro atoms. The van der Waals surface area contributed by atoms with Gasteiger partial charge in [-0.1, -0.05) is 41.7 Å². The molecule has 9 heteroatoms. The number of benzene rings is 2. The van der Waals surface area contributed by atoms with Crippen LogP contribution in [0.5, 0.6) is 5.75 Å². The summed E-state index contributed by atoms with van der Waals surface area (Å²) >= 11 is 0.965. The number of ketones is 2. The van der Waals surface area contributed by atoms with E-state index in [9.17, 15) is 19.2 Å². The van der Waals surface area contributed by atoms with Crippen LogP contribution in [0.25, 0.3) is 0 Å². The van der Waals surface area contributed by atoms with Crippen LogP contribution < -0.4 is 9.64 Å². The number of esters is 1. The molecule has 0 N–H and O–H groups in total. The first-order valence-corrected chi connectivity index (χ1v) is 11.9. The molecule has 3 aromatic rings. The van der Waals surface area contributed by atoms with Crippen molar-refractivity contribution in [2.75, 3.05) is 18.6 Å². The zero-order chi connectivity index (χ0) is 25.3. The number of hydrogen-bond acceptors (Lipinski definition) is 8. The molecule has 0 radical (unpaired) electrons. The maximum atomic E-state index is 13.6. The van der Waals surface area contributed by atoms with Crippen molar-refractivity contribution in [1.82, 2.24) is 4.98 Å². The Bertz CT molecular complexity index is 1320. The van der Waals surface area contributed by atoms with Gasteiger partial charge in [0.05, 0.1) is 25.5 Å². The van der Waals surface area contributed by atoms with Gasteiger partial charge in [-0.25, -0.2) is 9.78 Å². The topological polar surface area (TPSA) is 103 Å². The van der Waals surface area contributed by atoms with Crippen LogP contribution in [0, 0.1) is 19.8 Å². The van der Waals surface area contributed by atoms with Crippen molar-refractivity contribution in [3.05, 3.63) is 75.8 Å². The molecule has 1 saturated heterocycles. The number of carbonyl (C=O) groups excluding carboxylic acids is 4. The monoisotopic (exact) mass is 492 g/mol. The van der Waals surface area contributed by atoms with Crippen LogP contribution in [0.15, 0.2) is 48.5 Å². The Balaban J connectivity index is 1.82. The maximum Gasteiger partial charge on any atom is 0.350 e. The summed E-state index contributed by atoms with van der Waals surface area (Å²) in [5, 5.41) is 0.166. The van der Waals surface area contributed by atoms with E-state index < -0.39 is 35.4 Å². The highest BCUT2D eigenvalue weighted by Gasteiger charge is 2.53. The van der Waals surface area contributed by atoms with E-state index >= 15 is 0 Å². The summed E-state index contributed by atoms with van der Waals surface area (Å²) in [4.78, 5) is 58.4. The molecular formula is C26H24N2O6S. The minimum Gasteiger partial charge on any atom is -0.496 e. The van der Waals surface area contributed by atoms with E-state index in [2.05, 4.69) is 4.98 Å². The lowest BCUT2D eigenvalue weighted by atomic mass is 9.86. The summed E-state index contributed by atoms with van der Waals surface area (Å²) in [6, 6.07) is 12.9. The standard InChI is InChI=1S/C26H24N2O6S/c1-5-34-25(32)23-15(3)27-26(35-23)28-20(16-9-7-6-8-10-16)19(22(30)24(28)31)21(29)17-11-12-18(33-4)14(2)13-17/h6-13,19-20H,5H2,1-4H3. The molecule has 0 bridgehead atoms. The van der Waals surface area contributed by atoms with Crippen LogP contribution in [0.3, 0.4) is 0 Å². The number of aryl methyl sites for hydroxylation is 2. The number of thiazole rings is 1. The first-order valence-electron chi connectivity index (χ1n) is 11.0. The van der Waals surface area contributed by atoms with Crippen molar-refractivity contribution >= 4 is 39.9 Å². The predicted molar refractivity (Wildman–Crippen MR) is 130 cm³/mol. The molecule has 1 aliphatic heterocycles. The Morgan fingerprint density at radius 3 is 2.43 bits per heavy atom. The quantitative estimate of drug-likeness (QED) is 0.212. The molecule has 1 fully saturated rings. The third kappa shape index (κ3) is 4.35. The zero-order valence-electron chi connectivity index (χ0n) is 19.7.